The molecule has 0 aliphatic rings. The molecule has 0 saturated carbocycles. The predicted octanol–water partition coefficient (Wildman–Crippen LogP) is 4.87. The highest BCUT2D eigenvalue weighted by Crippen LogP contribution is 2.14. The lowest BCUT2D eigenvalue weighted by Gasteiger charge is -2.15. The van der Waals surface area contributed by atoms with Crippen molar-refractivity contribution in [2.75, 3.05) is 0 Å². The highest BCUT2D eigenvalue weighted by atomic mass is 16.3. The Morgan fingerprint density at radius 2 is 1.36 bits per heavy atom. The van der Waals surface area contributed by atoms with Crippen LogP contribution < -0.4 is 0 Å². The van der Waals surface area contributed by atoms with E-state index in [9.17, 15) is 10.2 Å². The van der Waals surface area contributed by atoms with Gasteiger partial charge in [0.05, 0.1) is 12.2 Å². The minimum absolute atomic E-state index is 0.328. The van der Waals surface area contributed by atoms with E-state index < -0.39 is 0 Å². The van der Waals surface area contributed by atoms with Crippen LogP contribution in [0.25, 0.3) is 0 Å². The van der Waals surface area contributed by atoms with Gasteiger partial charge in [0.15, 0.2) is 0 Å². The molecule has 1 aromatic carbocycles. The molecule has 2 heteroatoms. The second-order valence-corrected chi connectivity index (χ2v) is 6.48. The second kappa shape index (κ2) is 12.7. The number of rotatable bonds is 13. The van der Waals surface area contributed by atoms with Crippen molar-refractivity contribution >= 4 is 0 Å². The lowest BCUT2D eigenvalue weighted by Crippen LogP contribution is -2.17. The third-order valence-corrected chi connectivity index (χ3v) is 4.28. The zero-order valence-corrected chi connectivity index (χ0v) is 14.2. The second-order valence-electron chi connectivity index (χ2n) is 6.48. The van der Waals surface area contributed by atoms with E-state index in [1.165, 1.54) is 31.2 Å². The molecule has 0 aromatic heterocycles. The summed E-state index contributed by atoms with van der Waals surface area (Å²) in [4.78, 5) is 0. The maximum absolute atomic E-state index is 10.00. The molecular weight excluding hydrogens is 272 g/mol. The van der Waals surface area contributed by atoms with Crippen LogP contribution in [-0.2, 0) is 6.42 Å². The first-order valence-corrected chi connectivity index (χ1v) is 9.12. The number of benzene rings is 1. The Kier molecular flexibility index (Phi) is 11.0. The van der Waals surface area contributed by atoms with E-state index in [1.807, 2.05) is 6.07 Å². The van der Waals surface area contributed by atoms with Crippen molar-refractivity contribution in [1.82, 2.24) is 0 Å². The molecule has 2 N–H and O–H groups in total. The van der Waals surface area contributed by atoms with E-state index >= 15 is 0 Å². The van der Waals surface area contributed by atoms with Crippen molar-refractivity contribution in [3.63, 3.8) is 0 Å². The van der Waals surface area contributed by atoms with Crippen LogP contribution in [0.2, 0.25) is 0 Å². The molecule has 0 radical (unpaired) electrons. The summed E-state index contributed by atoms with van der Waals surface area (Å²) >= 11 is 0. The Hall–Kier alpha value is -0.860. The Balaban J connectivity index is 1.99. The van der Waals surface area contributed by atoms with Crippen LogP contribution in [0.4, 0.5) is 0 Å². The van der Waals surface area contributed by atoms with Crippen LogP contribution in [0.5, 0.6) is 0 Å². The summed E-state index contributed by atoms with van der Waals surface area (Å²) in [5.74, 6) is 0. The molecular formula is C20H34O2. The SMILES string of the molecule is CCCCCCC[C@@H](O)C[C@H](O)CCCCc1ccccc1. The first kappa shape index (κ1) is 19.2. The van der Waals surface area contributed by atoms with E-state index in [4.69, 9.17) is 0 Å². The van der Waals surface area contributed by atoms with Gasteiger partial charge in [0.25, 0.3) is 0 Å². The summed E-state index contributed by atoms with van der Waals surface area (Å²) in [6.07, 6.45) is 10.8. The third-order valence-electron chi connectivity index (χ3n) is 4.28. The first-order valence-electron chi connectivity index (χ1n) is 9.12. The molecule has 0 unspecified atom stereocenters. The Morgan fingerprint density at radius 3 is 2.00 bits per heavy atom. The maximum atomic E-state index is 10.00. The standard InChI is InChI=1S/C20H34O2/c1-2-3-4-5-9-15-19(21)17-20(22)16-11-10-14-18-12-7-6-8-13-18/h6-8,12-13,19-22H,2-5,9-11,14-17H2,1H3/t19-,20-/m1/s1. The molecule has 0 amide bonds. The normalized spacial score (nSPS) is 14.0. The molecule has 0 saturated heterocycles. The first-order chi connectivity index (χ1) is 10.7. The fourth-order valence-corrected chi connectivity index (χ4v) is 2.89. The monoisotopic (exact) mass is 306 g/mol. The van der Waals surface area contributed by atoms with Crippen molar-refractivity contribution < 1.29 is 10.2 Å². The van der Waals surface area contributed by atoms with E-state index in [-0.39, 0.29) is 12.2 Å². The van der Waals surface area contributed by atoms with Crippen molar-refractivity contribution in [1.29, 1.82) is 0 Å². The van der Waals surface area contributed by atoms with Gasteiger partial charge in [-0.25, -0.2) is 0 Å². The summed E-state index contributed by atoms with van der Waals surface area (Å²) in [5, 5.41) is 19.9. The van der Waals surface area contributed by atoms with Crippen LogP contribution in [0, 0.1) is 0 Å². The third kappa shape index (κ3) is 9.97. The molecule has 0 bridgehead atoms. The zero-order valence-electron chi connectivity index (χ0n) is 14.2. The van der Waals surface area contributed by atoms with Crippen LogP contribution in [0.1, 0.15) is 76.7 Å². The molecule has 126 valence electrons. The van der Waals surface area contributed by atoms with Gasteiger partial charge in [-0.3, -0.25) is 0 Å². The van der Waals surface area contributed by atoms with Gasteiger partial charge in [-0.05, 0) is 37.7 Å². The largest absolute Gasteiger partial charge is 0.393 e. The molecule has 0 spiro atoms. The highest BCUT2D eigenvalue weighted by molar-refractivity contribution is 5.14. The van der Waals surface area contributed by atoms with Gasteiger partial charge in [0.1, 0.15) is 0 Å². The lowest BCUT2D eigenvalue weighted by atomic mass is 10.00. The molecule has 0 aliphatic carbocycles. The minimum atomic E-state index is -0.346. The maximum Gasteiger partial charge on any atom is 0.0564 e. The van der Waals surface area contributed by atoms with Crippen molar-refractivity contribution in [3.05, 3.63) is 35.9 Å². The van der Waals surface area contributed by atoms with Gasteiger partial charge in [-0.15, -0.1) is 0 Å². The topological polar surface area (TPSA) is 40.5 Å². The van der Waals surface area contributed by atoms with Crippen LogP contribution in [0.3, 0.4) is 0 Å². The van der Waals surface area contributed by atoms with Gasteiger partial charge >= 0.3 is 0 Å². The minimum Gasteiger partial charge on any atom is -0.393 e. The van der Waals surface area contributed by atoms with E-state index in [1.54, 1.807) is 0 Å². The number of hydrogen-bond acceptors (Lipinski definition) is 2. The van der Waals surface area contributed by atoms with E-state index in [2.05, 4.69) is 31.2 Å². The summed E-state index contributed by atoms with van der Waals surface area (Å²) < 4.78 is 0. The molecule has 22 heavy (non-hydrogen) atoms. The summed E-state index contributed by atoms with van der Waals surface area (Å²) in [6.45, 7) is 2.21. The van der Waals surface area contributed by atoms with Crippen LogP contribution in [0.15, 0.2) is 30.3 Å². The van der Waals surface area contributed by atoms with Crippen molar-refractivity contribution in [3.8, 4) is 0 Å². The van der Waals surface area contributed by atoms with Crippen molar-refractivity contribution in [2.24, 2.45) is 0 Å². The van der Waals surface area contributed by atoms with Gasteiger partial charge in [0.2, 0.25) is 0 Å². The summed E-state index contributed by atoms with van der Waals surface area (Å²) in [6, 6.07) is 10.5. The van der Waals surface area contributed by atoms with Crippen molar-refractivity contribution in [2.45, 2.75) is 89.8 Å². The predicted molar refractivity (Wildman–Crippen MR) is 94.0 cm³/mol. The lowest BCUT2D eigenvalue weighted by molar-refractivity contribution is 0.0682. The number of hydrogen-bond donors (Lipinski definition) is 2. The van der Waals surface area contributed by atoms with Gasteiger partial charge < -0.3 is 10.2 Å². The number of unbranched alkanes of at least 4 members (excludes halogenated alkanes) is 5. The van der Waals surface area contributed by atoms with Crippen LogP contribution in [-0.4, -0.2) is 22.4 Å². The Bertz CT molecular complexity index is 350. The van der Waals surface area contributed by atoms with Gasteiger partial charge in [0, 0.05) is 0 Å². The number of aliphatic hydroxyl groups is 2. The number of aryl methyl sites for hydroxylation is 1. The fourth-order valence-electron chi connectivity index (χ4n) is 2.89. The molecule has 0 fully saturated rings. The Labute approximate surface area is 136 Å². The number of aliphatic hydroxyl groups excluding tert-OH is 2. The zero-order chi connectivity index (χ0) is 16.0. The van der Waals surface area contributed by atoms with Crippen LogP contribution >= 0.6 is 0 Å². The molecule has 1 aromatic rings. The molecule has 1 rings (SSSR count). The average Bonchev–Trinajstić information content (AvgIpc) is 2.52. The highest BCUT2D eigenvalue weighted by Gasteiger charge is 2.11. The molecule has 0 aliphatic heterocycles. The summed E-state index contributed by atoms with van der Waals surface area (Å²) in [5.41, 5.74) is 1.36. The average molecular weight is 306 g/mol. The smallest absolute Gasteiger partial charge is 0.0564 e. The molecule has 2 nitrogen and oxygen atoms in total. The summed E-state index contributed by atoms with van der Waals surface area (Å²) in [7, 11) is 0. The fraction of sp³-hybridized carbons (Fsp3) is 0.700. The van der Waals surface area contributed by atoms with E-state index in [0.717, 1.165) is 38.5 Å². The van der Waals surface area contributed by atoms with Gasteiger partial charge in [-0.2, -0.15) is 0 Å². The quantitative estimate of drug-likeness (QED) is 0.510. The molecule has 2 atom stereocenters. The van der Waals surface area contributed by atoms with Gasteiger partial charge in [-0.1, -0.05) is 75.8 Å². The Morgan fingerprint density at radius 1 is 0.773 bits per heavy atom. The molecule has 0 heterocycles. The van der Waals surface area contributed by atoms with E-state index in [0.29, 0.717) is 6.42 Å².